The van der Waals surface area contributed by atoms with Crippen LogP contribution in [0.1, 0.15) is 5.76 Å². The predicted octanol–water partition coefficient (Wildman–Crippen LogP) is 2.26. The number of aromatic nitrogens is 1. The van der Waals surface area contributed by atoms with Crippen LogP contribution in [0.15, 0.2) is 16.7 Å². The van der Waals surface area contributed by atoms with Crippen LogP contribution < -0.4 is 19.9 Å². The number of nitrogen functional groups attached to an aromatic ring is 1. The Morgan fingerprint density at radius 3 is 2.00 bits per heavy atom. The fourth-order valence-electron chi connectivity index (χ4n) is 1.81. The van der Waals surface area contributed by atoms with Crippen LogP contribution in [-0.2, 0) is 0 Å². The molecule has 1 heterocycles. The van der Waals surface area contributed by atoms with Crippen molar-refractivity contribution in [2.75, 3.05) is 27.1 Å². The van der Waals surface area contributed by atoms with E-state index in [1.165, 1.54) is 0 Å². The van der Waals surface area contributed by atoms with Gasteiger partial charge in [-0.3, -0.25) is 0 Å². The van der Waals surface area contributed by atoms with Gasteiger partial charge in [-0.1, -0.05) is 5.16 Å². The number of nitrogens with zero attached hydrogens (tertiary/aromatic N) is 1. The molecule has 102 valence electrons. The summed E-state index contributed by atoms with van der Waals surface area (Å²) in [6, 6.07) is 3.55. The van der Waals surface area contributed by atoms with Crippen LogP contribution in [0.2, 0.25) is 0 Å². The Morgan fingerprint density at radius 2 is 1.63 bits per heavy atom. The fourth-order valence-corrected chi connectivity index (χ4v) is 1.81. The van der Waals surface area contributed by atoms with Crippen molar-refractivity contribution < 1.29 is 18.7 Å². The average Bonchev–Trinajstić information content (AvgIpc) is 2.77. The molecule has 19 heavy (non-hydrogen) atoms. The van der Waals surface area contributed by atoms with Gasteiger partial charge in [0.15, 0.2) is 17.3 Å². The van der Waals surface area contributed by atoms with Gasteiger partial charge in [-0.15, -0.1) is 0 Å². The molecule has 1 aromatic carbocycles. The van der Waals surface area contributed by atoms with Gasteiger partial charge >= 0.3 is 0 Å². The molecule has 6 heteroatoms. The SMILES string of the molecule is COc1cc(-c2noc(C)c2N)cc(OC)c1OC. The van der Waals surface area contributed by atoms with Gasteiger partial charge in [0.2, 0.25) is 5.75 Å². The molecule has 0 bridgehead atoms. The maximum atomic E-state index is 5.92. The maximum Gasteiger partial charge on any atom is 0.203 e. The summed E-state index contributed by atoms with van der Waals surface area (Å²) in [5, 5.41) is 3.94. The Balaban J connectivity index is 2.62. The van der Waals surface area contributed by atoms with E-state index in [-0.39, 0.29) is 0 Å². The minimum Gasteiger partial charge on any atom is -0.493 e. The Labute approximate surface area is 111 Å². The summed E-state index contributed by atoms with van der Waals surface area (Å²) in [5.74, 6) is 2.17. The van der Waals surface area contributed by atoms with Gasteiger partial charge < -0.3 is 24.5 Å². The first-order valence-corrected chi connectivity index (χ1v) is 5.64. The van der Waals surface area contributed by atoms with Crippen LogP contribution in [0, 0.1) is 6.92 Å². The summed E-state index contributed by atoms with van der Waals surface area (Å²) in [4.78, 5) is 0. The molecule has 0 aliphatic heterocycles. The molecule has 0 spiro atoms. The standard InChI is InChI=1S/C13H16N2O4/c1-7-11(14)12(15-19-7)8-5-9(16-2)13(18-4)10(6-8)17-3/h5-6H,14H2,1-4H3. The molecule has 2 aromatic rings. The van der Waals surface area contributed by atoms with Crippen LogP contribution in [0.3, 0.4) is 0 Å². The van der Waals surface area contributed by atoms with E-state index in [0.717, 1.165) is 5.56 Å². The van der Waals surface area contributed by atoms with E-state index in [4.69, 9.17) is 24.5 Å². The van der Waals surface area contributed by atoms with E-state index >= 15 is 0 Å². The Morgan fingerprint density at radius 1 is 1.05 bits per heavy atom. The highest BCUT2D eigenvalue weighted by Gasteiger charge is 2.18. The monoisotopic (exact) mass is 264 g/mol. The average molecular weight is 264 g/mol. The second kappa shape index (κ2) is 5.09. The minimum absolute atomic E-state index is 0.495. The zero-order valence-electron chi connectivity index (χ0n) is 11.3. The molecule has 0 unspecified atom stereocenters. The Kier molecular flexibility index (Phi) is 3.50. The molecule has 2 N–H and O–H groups in total. The lowest BCUT2D eigenvalue weighted by Crippen LogP contribution is -1.96. The van der Waals surface area contributed by atoms with Gasteiger partial charge in [-0.25, -0.2) is 0 Å². The minimum atomic E-state index is 0.495. The first kappa shape index (κ1) is 13.1. The zero-order valence-corrected chi connectivity index (χ0v) is 11.3. The molecule has 0 saturated heterocycles. The third-order valence-electron chi connectivity index (χ3n) is 2.85. The van der Waals surface area contributed by atoms with E-state index in [1.807, 2.05) is 0 Å². The number of aryl methyl sites for hydroxylation is 1. The molecule has 0 aliphatic rings. The maximum absolute atomic E-state index is 5.92. The predicted molar refractivity (Wildman–Crippen MR) is 70.7 cm³/mol. The highest BCUT2D eigenvalue weighted by Crippen LogP contribution is 2.42. The zero-order chi connectivity index (χ0) is 14.0. The summed E-state index contributed by atoms with van der Waals surface area (Å²) >= 11 is 0. The molecular weight excluding hydrogens is 248 g/mol. The molecule has 0 radical (unpaired) electrons. The van der Waals surface area contributed by atoms with Crippen molar-refractivity contribution in [3.8, 4) is 28.5 Å². The topological polar surface area (TPSA) is 79.7 Å². The lowest BCUT2D eigenvalue weighted by molar-refractivity contribution is 0.324. The van der Waals surface area contributed by atoms with Crippen molar-refractivity contribution in [2.45, 2.75) is 6.92 Å². The number of ether oxygens (including phenoxy) is 3. The van der Waals surface area contributed by atoms with Crippen LogP contribution in [-0.4, -0.2) is 26.5 Å². The molecular formula is C13H16N2O4. The second-order valence-corrected chi connectivity index (χ2v) is 3.92. The molecule has 0 saturated carbocycles. The molecule has 1 aromatic heterocycles. The quantitative estimate of drug-likeness (QED) is 0.912. The first-order valence-electron chi connectivity index (χ1n) is 5.64. The van der Waals surface area contributed by atoms with Gasteiger partial charge in [-0.2, -0.15) is 0 Å². The van der Waals surface area contributed by atoms with Gasteiger partial charge in [-0.05, 0) is 19.1 Å². The van der Waals surface area contributed by atoms with Crippen LogP contribution in [0.25, 0.3) is 11.3 Å². The molecule has 0 atom stereocenters. The highest BCUT2D eigenvalue weighted by atomic mass is 16.5. The number of hydrogen-bond acceptors (Lipinski definition) is 6. The summed E-state index contributed by atoms with van der Waals surface area (Å²) in [6.45, 7) is 1.75. The summed E-state index contributed by atoms with van der Waals surface area (Å²) in [6.07, 6.45) is 0. The largest absolute Gasteiger partial charge is 0.493 e. The lowest BCUT2D eigenvalue weighted by Gasteiger charge is -2.13. The van der Waals surface area contributed by atoms with Gasteiger partial charge in [0.05, 0.1) is 21.3 Å². The van der Waals surface area contributed by atoms with Crippen molar-refractivity contribution >= 4 is 5.69 Å². The number of nitrogens with two attached hydrogens (primary N) is 1. The molecule has 0 fully saturated rings. The van der Waals surface area contributed by atoms with E-state index in [2.05, 4.69) is 5.16 Å². The van der Waals surface area contributed by atoms with Crippen molar-refractivity contribution in [3.63, 3.8) is 0 Å². The molecule has 0 aliphatic carbocycles. The van der Waals surface area contributed by atoms with Crippen LogP contribution >= 0.6 is 0 Å². The van der Waals surface area contributed by atoms with Gasteiger partial charge in [0.25, 0.3) is 0 Å². The van der Waals surface area contributed by atoms with Crippen molar-refractivity contribution in [2.24, 2.45) is 0 Å². The normalized spacial score (nSPS) is 10.3. The number of hydrogen-bond donors (Lipinski definition) is 1. The van der Waals surface area contributed by atoms with Crippen LogP contribution in [0.4, 0.5) is 5.69 Å². The third kappa shape index (κ3) is 2.16. The first-order chi connectivity index (χ1) is 9.12. The van der Waals surface area contributed by atoms with Crippen molar-refractivity contribution in [3.05, 3.63) is 17.9 Å². The Bertz CT molecular complexity index is 567. The second-order valence-electron chi connectivity index (χ2n) is 3.92. The third-order valence-corrected chi connectivity index (χ3v) is 2.85. The summed E-state index contributed by atoms with van der Waals surface area (Å²) in [7, 11) is 4.66. The van der Waals surface area contributed by atoms with E-state index in [9.17, 15) is 0 Å². The molecule has 0 amide bonds. The van der Waals surface area contributed by atoms with Crippen molar-refractivity contribution in [1.29, 1.82) is 0 Å². The molecule has 6 nitrogen and oxygen atoms in total. The van der Waals surface area contributed by atoms with E-state index < -0.39 is 0 Å². The summed E-state index contributed by atoms with van der Waals surface area (Å²) in [5.41, 5.74) is 7.71. The lowest BCUT2D eigenvalue weighted by atomic mass is 10.1. The number of rotatable bonds is 4. The highest BCUT2D eigenvalue weighted by molar-refractivity contribution is 5.77. The van der Waals surface area contributed by atoms with Gasteiger partial charge in [0, 0.05) is 5.56 Å². The smallest absolute Gasteiger partial charge is 0.203 e. The van der Waals surface area contributed by atoms with E-state index in [1.54, 1.807) is 40.4 Å². The number of methoxy groups -OCH3 is 3. The number of benzene rings is 1. The van der Waals surface area contributed by atoms with Gasteiger partial charge in [0.1, 0.15) is 11.4 Å². The molecule has 2 rings (SSSR count). The fraction of sp³-hybridized carbons (Fsp3) is 0.308. The summed E-state index contributed by atoms with van der Waals surface area (Å²) < 4.78 is 20.9. The Hall–Kier alpha value is -2.37. The van der Waals surface area contributed by atoms with Crippen LogP contribution in [0.5, 0.6) is 17.2 Å². The van der Waals surface area contributed by atoms with E-state index in [0.29, 0.717) is 34.4 Å². The van der Waals surface area contributed by atoms with Crippen molar-refractivity contribution in [1.82, 2.24) is 5.16 Å². The number of anilines is 1.